The number of fused-ring (bicyclic) bond motifs is 1. The lowest BCUT2D eigenvalue weighted by Gasteiger charge is -2.08. The van der Waals surface area contributed by atoms with E-state index in [0.717, 1.165) is 16.5 Å². The Bertz CT molecular complexity index is 1490. The molecule has 0 aliphatic heterocycles. The third-order valence-electron chi connectivity index (χ3n) is 5.05. The van der Waals surface area contributed by atoms with Crippen molar-refractivity contribution < 1.29 is 4.79 Å². The first-order valence-electron chi connectivity index (χ1n) is 10.00. The summed E-state index contributed by atoms with van der Waals surface area (Å²) >= 11 is 12.1. The first-order valence-corrected chi connectivity index (χ1v) is 10.8. The van der Waals surface area contributed by atoms with Crippen LogP contribution in [0, 0.1) is 0 Å². The highest BCUT2D eigenvalue weighted by atomic mass is 35.5. The minimum absolute atomic E-state index is 0.198. The quantitative estimate of drug-likeness (QED) is 0.391. The number of aryl methyl sites for hydroxylation is 1. The molecular weight excluding hydrogens is 461 g/mol. The molecule has 0 radical (unpaired) electrons. The van der Waals surface area contributed by atoms with Gasteiger partial charge in [-0.1, -0.05) is 47.5 Å². The first-order chi connectivity index (χ1) is 16.0. The van der Waals surface area contributed by atoms with E-state index in [1.807, 2.05) is 43.6 Å². The fourth-order valence-electron chi connectivity index (χ4n) is 3.49. The number of pyridine rings is 1. The molecule has 0 atom stereocenters. The van der Waals surface area contributed by atoms with Crippen molar-refractivity contribution in [3.05, 3.63) is 88.4 Å². The lowest BCUT2D eigenvalue weighted by Crippen LogP contribution is -2.14. The summed E-state index contributed by atoms with van der Waals surface area (Å²) in [6, 6.07) is 14.6. The van der Waals surface area contributed by atoms with Crippen molar-refractivity contribution in [2.24, 2.45) is 7.05 Å². The van der Waals surface area contributed by atoms with Crippen LogP contribution in [0.25, 0.3) is 22.2 Å². The molecule has 3 heterocycles. The van der Waals surface area contributed by atoms with Crippen LogP contribution in [-0.2, 0) is 13.6 Å². The van der Waals surface area contributed by atoms with Gasteiger partial charge in [0.1, 0.15) is 6.33 Å². The molecule has 0 saturated carbocycles. The Morgan fingerprint density at radius 2 is 1.94 bits per heavy atom. The summed E-state index contributed by atoms with van der Waals surface area (Å²) in [6.07, 6.45) is 5.11. The van der Waals surface area contributed by atoms with Crippen LogP contribution in [0.15, 0.2) is 67.3 Å². The number of nitrogens with zero attached hydrogens (tertiary/aromatic N) is 6. The van der Waals surface area contributed by atoms with Gasteiger partial charge in [0.15, 0.2) is 0 Å². The van der Waals surface area contributed by atoms with Gasteiger partial charge < -0.3 is 0 Å². The van der Waals surface area contributed by atoms with E-state index in [4.69, 9.17) is 23.2 Å². The van der Waals surface area contributed by atoms with Gasteiger partial charge in [-0.25, -0.2) is 14.6 Å². The molecule has 2 aromatic carbocycles. The van der Waals surface area contributed by atoms with Crippen LogP contribution in [0.2, 0.25) is 10.0 Å². The van der Waals surface area contributed by atoms with Crippen molar-refractivity contribution in [3.63, 3.8) is 0 Å². The Morgan fingerprint density at radius 1 is 1.09 bits per heavy atom. The molecule has 164 valence electrons. The van der Waals surface area contributed by atoms with Crippen molar-refractivity contribution in [3.8, 4) is 11.3 Å². The number of benzene rings is 2. The number of para-hydroxylation sites is 1. The zero-order valence-electron chi connectivity index (χ0n) is 17.4. The number of amides is 1. The second-order valence-electron chi connectivity index (χ2n) is 7.44. The zero-order chi connectivity index (χ0) is 22.9. The standard InChI is InChI=1S/C23H17Cl2N7O/c1-31-12-15(10-27-31)21-9-17(16-4-2-3-5-20(16)28-21)22(33)29-23-26-13-32(30-23)11-14-6-7-18(24)19(25)8-14/h2-10,12-13H,11H2,1H3,(H,29,30,33). The number of hydrogen-bond acceptors (Lipinski definition) is 5. The van der Waals surface area contributed by atoms with Crippen molar-refractivity contribution in [2.75, 3.05) is 5.32 Å². The molecule has 5 rings (SSSR count). The maximum atomic E-state index is 13.2. The third-order valence-corrected chi connectivity index (χ3v) is 5.79. The Kier molecular flexibility index (Phi) is 5.53. The fraction of sp³-hybridized carbons (Fsp3) is 0.0870. The van der Waals surface area contributed by atoms with E-state index < -0.39 is 0 Å². The number of rotatable bonds is 5. The van der Waals surface area contributed by atoms with Crippen LogP contribution in [0.4, 0.5) is 5.95 Å². The van der Waals surface area contributed by atoms with Crippen LogP contribution in [0.5, 0.6) is 0 Å². The van der Waals surface area contributed by atoms with Gasteiger partial charge in [-0.3, -0.25) is 14.8 Å². The summed E-state index contributed by atoms with van der Waals surface area (Å²) in [5.41, 5.74) is 3.57. The number of aromatic nitrogens is 6. The molecule has 1 N–H and O–H groups in total. The predicted molar refractivity (Wildman–Crippen MR) is 127 cm³/mol. The van der Waals surface area contributed by atoms with E-state index in [1.54, 1.807) is 40.1 Å². The van der Waals surface area contributed by atoms with Gasteiger partial charge >= 0.3 is 0 Å². The molecule has 1 amide bonds. The highest BCUT2D eigenvalue weighted by Gasteiger charge is 2.16. The van der Waals surface area contributed by atoms with Gasteiger partial charge in [0.25, 0.3) is 5.91 Å². The van der Waals surface area contributed by atoms with Crippen molar-refractivity contribution in [1.29, 1.82) is 0 Å². The van der Waals surface area contributed by atoms with Gasteiger partial charge in [0, 0.05) is 24.2 Å². The number of nitrogens with one attached hydrogen (secondary N) is 1. The van der Waals surface area contributed by atoms with E-state index in [2.05, 4.69) is 25.5 Å². The third kappa shape index (κ3) is 4.44. The summed E-state index contributed by atoms with van der Waals surface area (Å²) in [5.74, 6) is -0.130. The van der Waals surface area contributed by atoms with Gasteiger partial charge in [0.2, 0.25) is 5.95 Å². The van der Waals surface area contributed by atoms with Gasteiger partial charge in [-0.15, -0.1) is 5.10 Å². The molecule has 10 heteroatoms. The number of carbonyl (C=O) groups is 1. The normalized spacial score (nSPS) is 11.1. The minimum Gasteiger partial charge on any atom is -0.289 e. The number of carbonyl (C=O) groups excluding carboxylic acids is 1. The summed E-state index contributed by atoms with van der Waals surface area (Å²) < 4.78 is 3.30. The molecule has 0 unspecified atom stereocenters. The lowest BCUT2D eigenvalue weighted by atomic mass is 10.1. The number of halogens is 2. The Hall–Kier alpha value is -3.75. The molecule has 3 aromatic heterocycles. The second kappa shape index (κ2) is 8.65. The Morgan fingerprint density at radius 3 is 2.73 bits per heavy atom. The molecule has 5 aromatic rings. The van der Waals surface area contributed by atoms with E-state index in [1.165, 1.54) is 0 Å². The monoisotopic (exact) mass is 477 g/mol. The average Bonchev–Trinajstić information content (AvgIpc) is 3.44. The molecule has 0 fully saturated rings. The van der Waals surface area contributed by atoms with Crippen molar-refractivity contribution in [1.82, 2.24) is 29.5 Å². The predicted octanol–water partition coefficient (Wildman–Crippen LogP) is 4.83. The molecular formula is C23H17Cl2N7O. The SMILES string of the molecule is Cn1cc(-c2cc(C(=O)Nc3ncn(Cc4ccc(Cl)c(Cl)c4)n3)c3ccccc3n2)cn1. The highest BCUT2D eigenvalue weighted by Crippen LogP contribution is 2.25. The van der Waals surface area contributed by atoms with Gasteiger partial charge in [-0.2, -0.15) is 5.10 Å². The Balaban J connectivity index is 1.42. The molecule has 33 heavy (non-hydrogen) atoms. The lowest BCUT2D eigenvalue weighted by molar-refractivity contribution is 0.102. The molecule has 0 spiro atoms. The molecule has 0 bridgehead atoms. The van der Waals surface area contributed by atoms with Crippen LogP contribution in [0.1, 0.15) is 15.9 Å². The van der Waals surface area contributed by atoms with Crippen molar-refractivity contribution >= 4 is 46.0 Å². The maximum absolute atomic E-state index is 13.2. The smallest absolute Gasteiger partial charge is 0.258 e. The van der Waals surface area contributed by atoms with Gasteiger partial charge in [0.05, 0.1) is 39.6 Å². The van der Waals surface area contributed by atoms with E-state index >= 15 is 0 Å². The first kappa shape index (κ1) is 21.1. The zero-order valence-corrected chi connectivity index (χ0v) is 18.9. The summed E-state index contributed by atoms with van der Waals surface area (Å²) in [7, 11) is 1.83. The van der Waals surface area contributed by atoms with E-state index in [9.17, 15) is 4.79 Å². The Labute approximate surface area is 198 Å². The summed E-state index contributed by atoms with van der Waals surface area (Å²) in [6.45, 7) is 0.434. The minimum atomic E-state index is -0.328. The van der Waals surface area contributed by atoms with Crippen molar-refractivity contribution in [2.45, 2.75) is 6.54 Å². The van der Waals surface area contributed by atoms with E-state index in [0.29, 0.717) is 33.4 Å². The fourth-order valence-corrected chi connectivity index (χ4v) is 3.81. The number of hydrogen-bond donors (Lipinski definition) is 1. The van der Waals surface area contributed by atoms with Gasteiger partial charge in [-0.05, 0) is 29.8 Å². The maximum Gasteiger partial charge on any atom is 0.258 e. The van der Waals surface area contributed by atoms with Crippen LogP contribution in [-0.4, -0.2) is 35.4 Å². The molecule has 8 nitrogen and oxygen atoms in total. The van der Waals surface area contributed by atoms with Crippen LogP contribution >= 0.6 is 23.2 Å². The van der Waals surface area contributed by atoms with Crippen LogP contribution in [0.3, 0.4) is 0 Å². The largest absolute Gasteiger partial charge is 0.289 e. The topological polar surface area (TPSA) is 90.5 Å². The molecule has 0 aliphatic carbocycles. The number of anilines is 1. The molecule has 0 aliphatic rings. The highest BCUT2D eigenvalue weighted by molar-refractivity contribution is 6.42. The summed E-state index contributed by atoms with van der Waals surface area (Å²) in [4.78, 5) is 22.1. The van der Waals surface area contributed by atoms with Crippen LogP contribution < -0.4 is 5.32 Å². The summed E-state index contributed by atoms with van der Waals surface area (Å²) in [5, 5.41) is 13.0. The molecule has 0 saturated heterocycles. The average molecular weight is 478 g/mol. The van der Waals surface area contributed by atoms with E-state index in [-0.39, 0.29) is 11.9 Å². The second-order valence-corrected chi connectivity index (χ2v) is 8.26.